The Morgan fingerprint density at radius 2 is 1.56 bits per heavy atom. The van der Waals surface area contributed by atoms with Gasteiger partial charge >= 0.3 is 5.97 Å². The molecule has 0 aromatic heterocycles. The predicted molar refractivity (Wildman–Crippen MR) is 104 cm³/mol. The molecule has 0 heterocycles. The van der Waals surface area contributed by atoms with Gasteiger partial charge in [0.15, 0.2) is 6.04 Å². The molecule has 0 aliphatic rings. The van der Waals surface area contributed by atoms with Gasteiger partial charge in [-0.15, -0.1) is 0 Å². The van der Waals surface area contributed by atoms with Crippen LogP contribution in [0.15, 0.2) is 84.9 Å². The van der Waals surface area contributed by atoms with Crippen molar-refractivity contribution in [2.75, 3.05) is 0 Å². The van der Waals surface area contributed by atoms with E-state index in [1.54, 1.807) is 36.4 Å². The molecule has 136 valence electrons. The number of hydrogen-bond acceptors (Lipinski definition) is 3. The number of hydrogen-bond donors (Lipinski definition) is 1. The summed E-state index contributed by atoms with van der Waals surface area (Å²) in [6.45, 7) is 2.14. The Morgan fingerprint density at radius 3 is 2.22 bits per heavy atom. The van der Waals surface area contributed by atoms with E-state index in [0.29, 0.717) is 11.1 Å². The summed E-state index contributed by atoms with van der Waals surface area (Å²) in [5, 5.41) is 2.78. The van der Waals surface area contributed by atoms with E-state index in [4.69, 9.17) is 4.74 Å². The van der Waals surface area contributed by atoms with E-state index in [1.807, 2.05) is 55.5 Å². The molecule has 27 heavy (non-hydrogen) atoms. The fourth-order valence-electron chi connectivity index (χ4n) is 2.77. The Labute approximate surface area is 158 Å². The fraction of sp³-hybridized carbons (Fsp3) is 0.130. The van der Waals surface area contributed by atoms with Crippen LogP contribution in [0.2, 0.25) is 0 Å². The number of aryl methyl sites for hydroxylation is 1. The minimum Gasteiger partial charge on any atom is -0.459 e. The van der Waals surface area contributed by atoms with Crippen molar-refractivity contribution < 1.29 is 14.3 Å². The van der Waals surface area contributed by atoms with Gasteiger partial charge in [0.25, 0.3) is 5.91 Å². The molecular weight excluding hydrogens is 338 g/mol. The first-order chi connectivity index (χ1) is 13.1. The van der Waals surface area contributed by atoms with Crippen molar-refractivity contribution >= 4 is 11.9 Å². The van der Waals surface area contributed by atoms with Crippen LogP contribution in [0.3, 0.4) is 0 Å². The van der Waals surface area contributed by atoms with Crippen molar-refractivity contribution in [3.05, 3.63) is 107 Å². The highest BCUT2D eigenvalue weighted by molar-refractivity contribution is 5.97. The lowest BCUT2D eigenvalue weighted by Crippen LogP contribution is -2.34. The van der Waals surface area contributed by atoms with Gasteiger partial charge in [-0.2, -0.15) is 0 Å². The number of benzene rings is 3. The first-order valence-corrected chi connectivity index (χ1v) is 8.76. The number of nitrogens with one attached hydrogen (secondary N) is 1. The lowest BCUT2D eigenvalue weighted by Gasteiger charge is -2.18. The van der Waals surface area contributed by atoms with Crippen LogP contribution in [0.4, 0.5) is 0 Å². The minimum absolute atomic E-state index is 0.158. The average Bonchev–Trinajstić information content (AvgIpc) is 2.71. The molecule has 1 atom stereocenters. The Kier molecular flexibility index (Phi) is 6.00. The van der Waals surface area contributed by atoms with Gasteiger partial charge in [-0.05, 0) is 30.2 Å². The van der Waals surface area contributed by atoms with Crippen LogP contribution in [-0.2, 0) is 16.1 Å². The lowest BCUT2D eigenvalue weighted by atomic mass is 10.1. The monoisotopic (exact) mass is 359 g/mol. The summed E-state index contributed by atoms with van der Waals surface area (Å²) in [5.41, 5.74) is 3.17. The molecule has 4 nitrogen and oxygen atoms in total. The van der Waals surface area contributed by atoms with E-state index in [9.17, 15) is 9.59 Å². The maximum Gasteiger partial charge on any atom is 0.333 e. The Morgan fingerprint density at radius 1 is 0.889 bits per heavy atom. The number of ether oxygens (including phenoxy) is 1. The first-order valence-electron chi connectivity index (χ1n) is 8.76. The number of esters is 1. The van der Waals surface area contributed by atoms with Crippen LogP contribution < -0.4 is 5.32 Å². The van der Waals surface area contributed by atoms with E-state index in [2.05, 4.69) is 5.32 Å². The first kappa shape index (κ1) is 18.4. The van der Waals surface area contributed by atoms with Crippen molar-refractivity contribution in [3.63, 3.8) is 0 Å². The van der Waals surface area contributed by atoms with Crippen molar-refractivity contribution in [2.45, 2.75) is 19.6 Å². The van der Waals surface area contributed by atoms with Crippen molar-refractivity contribution in [3.8, 4) is 0 Å². The van der Waals surface area contributed by atoms with Gasteiger partial charge in [-0.3, -0.25) is 4.79 Å². The molecule has 0 bridgehead atoms. The summed E-state index contributed by atoms with van der Waals surface area (Å²) < 4.78 is 5.48. The topological polar surface area (TPSA) is 55.4 Å². The molecule has 4 heteroatoms. The van der Waals surface area contributed by atoms with E-state index in [-0.39, 0.29) is 12.5 Å². The number of carbonyl (C=O) groups is 2. The van der Waals surface area contributed by atoms with Gasteiger partial charge in [-0.25, -0.2) is 4.79 Å². The molecule has 1 unspecified atom stereocenters. The Bertz CT molecular complexity index is 907. The summed E-state index contributed by atoms with van der Waals surface area (Å²) >= 11 is 0. The van der Waals surface area contributed by atoms with Gasteiger partial charge in [-0.1, -0.05) is 78.4 Å². The van der Waals surface area contributed by atoms with E-state index < -0.39 is 12.0 Å². The second kappa shape index (κ2) is 8.81. The molecule has 0 spiro atoms. The number of carbonyl (C=O) groups excluding carboxylic acids is 2. The third kappa shape index (κ3) is 5.05. The summed E-state index contributed by atoms with van der Waals surface area (Å²) in [7, 11) is 0. The average molecular weight is 359 g/mol. The fourth-order valence-corrected chi connectivity index (χ4v) is 2.77. The highest BCUT2D eigenvalue weighted by Crippen LogP contribution is 2.17. The third-order valence-corrected chi connectivity index (χ3v) is 4.14. The molecular formula is C23H21NO3. The smallest absolute Gasteiger partial charge is 0.333 e. The zero-order valence-electron chi connectivity index (χ0n) is 15.1. The summed E-state index contributed by atoms with van der Waals surface area (Å²) in [4.78, 5) is 25.3. The molecule has 0 fully saturated rings. The van der Waals surface area contributed by atoms with Crippen molar-refractivity contribution in [1.82, 2.24) is 5.32 Å². The molecule has 3 aromatic rings. The molecule has 0 aliphatic heterocycles. The van der Waals surface area contributed by atoms with Gasteiger partial charge in [0.1, 0.15) is 6.61 Å². The minimum atomic E-state index is -0.872. The van der Waals surface area contributed by atoms with Crippen LogP contribution in [0.1, 0.15) is 33.1 Å². The summed E-state index contributed by atoms with van der Waals surface area (Å²) in [6, 6.07) is 24.8. The van der Waals surface area contributed by atoms with Crippen LogP contribution in [0, 0.1) is 6.92 Å². The molecule has 0 aliphatic carbocycles. The van der Waals surface area contributed by atoms with Crippen LogP contribution in [-0.4, -0.2) is 11.9 Å². The van der Waals surface area contributed by atoms with Crippen LogP contribution in [0.25, 0.3) is 0 Å². The van der Waals surface area contributed by atoms with Gasteiger partial charge in [0.05, 0.1) is 0 Å². The second-order valence-corrected chi connectivity index (χ2v) is 6.28. The number of rotatable bonds is 6. The SMILES string of the molecule is Cc1cccc(COC(=O)C(NC(=O)c2ccccc2)c2ccccc2)c1. The predicted octanol–water partition coefficient (Wildman–Crippen LogP) is 4.21. The van der Waals surface area contributed by atoms with Crippen LogP contribution in [0.5, 0.6) is 0 Å². The maximum atomic E-state index is 12.7. The summed E-state index contributed by atoms with van der Waals surface area (Å²) in [5.74, 6) is -0.816. The highest BCUT2D eigenvalue weighted by atomic mass is 16.5. The molecule has 3 aromatic carbocycles. The standard InChI is InChI=1S/C23H21NO3/c1-17-9-8-10-18(15-17)16-27-23(26)21(19-11-4-2-5-12-19)24-22(25)20-13-6-3-7-14-20/h2-15,21H,16H2,1H3,(H,24,25). The van der Waals surface area contributed by atoms with Crippen LogP contribution >= 0.6 is 0 Å². The van der Waals surface area contributed by atoms with E-state index in [0.717, 1.165) is 11.1 Å². The normalized spacial score (nSPS) is 11.4. The highest BCUT2D eigenvalue weighted by Gasteiger charge is 2.24. The van der Waals surface area contributed by atoms with Crippen molar-refractivity contribution in [2.24, 2.45) is 0 Å². The zero-order valence-corrected chi connectivity index (χ0v) is 15.1. The second-order valence-electron chi connectivity index (χ2n) is 6.28. The molecule has 3 rings (SSSR count). The van der Waals surface area contributed by atoms with E-state index >= 15 is 0 Å². The van der Waals surface area contributed by atoms with Gasteiger partial charge in [0, 0.05) is 5.56 Å². The number of amides is 1. The Hall–Kier alpha value is -3.40. The molecule has 1 N–H and O–H groups in total. The molecule has 0 saturated carbocycles. The largest absolute Gasteiger partial charge is 0.459 e. The van der Waals surface area contributed by atoms with Crippen molar-refractivity contribution in [1.29, 1.82) is 0 Å². The van der Waals surface area contributed by atoms with Gasteiger partial charge < -0.3 is 10.1 Å². The molecule has 1 amide bonds. The molecule has 0 saturated heterocycles. The third-order valence-electron chi connectivity index (χ3n) is 4.14. The lowest BCUT2D eigenvalue weighted by molar-refractivity contribution is -0.147. The Balaban J connectivity index is 1.75. The quantitative estimate of drug-likeness (QED) is 0.671. The molecule has 0 radical (unpaired) electrons. The van der Waals surface area contributed by atoms with E-state index in [1.165, 1.54) is 0 Å². The maximum absolute atomic E-state index is 12.7. The van der Waals surface area contributed by atoms with Gasteiger partial charge in [0.2, 0.25) is 0 Å². The zero-order chi connectivity index (χ0) is 19.1. The summed E-state index contributed by atoms with van der Waals surface area (Å²) in [6.07, 6.45) is 0.